The molecule has 0 saturated carbocycles. The zero-order valence-electron chi connectivity index (χ0n) is 25.1. The summed E-state index contributed by atoms with van der Waals surface area (Å²) in [4.78, 5) is 48.2. The van der Waals surface area contributed by atoms with Crippen molar-refractivity contribution in [2.75, 3.05) is 10.6 Å². The summed E-state index contributed by atoms with van der Waals surface area (Å²) in [6, 6.07) is 39.7. The number of carbonyl (C=O) groups is 2. The molecular weight excluding hydrogens is 621 g/mol. The highest BCUT2D eigenvalue weighted by Gasteiger charge is 2.23. The van der Waals surface area contributed by atoms with Crippen molar-refractivity contribution < 1.29 is 42.9 Å². The van der Waals surface area contributed by atoms with Crippen molar-refractivity contribution in [2.24, 2.45) is 0 Å². The Kier molecular flexibility index (Phi) is 10.2. The molecule has 4 N–H and O–H groups in total. The number of hydrogen-bond donors (Lipinski definition) is 4. The van der Waals surface area contributed by atoms with Gasteiger partial charge in [0.15, 0.2) is 0 Å². The van der Waals surface area contributed by atoms with Crippen LogP contribution in [0.15, 0.2) is 127 Å². The predicted octanol–water partition coefficient (Wildman–Crippen LogP) is 6.63. The zero-order chi connectivity index (χ0) is 33.4. The molecule has 0 bridgehead atoms. The first-order valence-electron chi connectivity index (χ1n) is 14.4. The number of nitrogens with one attached hydrogen (secondary N) is 2. The first kappa shape index (κ1) is 32.8. The fraction of sp³-hybridized carbons (Fsp3) is 0.0571. The molecule has 1 aromatic heterocycles. The van der Waals surface area contributed by atoms with Crippen molar-refractivity contribution in [3.8, 4) is 22.8 Å². The average Bonchev–Trinajstić information content (AvgIpc) is 3.04. The van der Waals surface area contributed by atoms with Gasteiger partial charge in [-0.25, -0.2) is 9.59 Å². The first-order valence-corrected chi connectivity index (χ1v) is 15.9. The molecule has 0 atom stereocenters. The summed E-state index contributed by atoms with van der Waals surface area (Å²) in [7, 11) is -4.89. The third-order valence-corrected chi connectivity index (χ3v) is 6.89. The molecule has 6 rings (SSSR count). The number of fused-ring (bicyclic) bond motifs is 3. The van der Waals surface area contributed by atoms with Gasteiger partial charge < -0.3 is 24.2 Å². The van der Waals surface area contributed by atoms with Gasteiger partial charge in [0.2, 0.25) is 11.2 Å². The molecule has 0 aliphatic heterocycles. The van der Waals surface area contributed by atoms with E-state index in [1.165, 1.54) is 0 Å². The topological polar surface area (TPSA) is 161 Å². The van der Waals surface area contributed by atoms with Gasteiger partial charge in [0.05, 0.1) is 16.5 Å². The largest absolute Gasteiger partial charge is 0.756 e. The lowest BCUT2D eigenvalue weighted by Crippen LogP contribution is -2.36. The van der Waals surface area contributed by atoms with Crippen LogP contribution in [0.2, 0.25) is 0 Å². The number of carbonyl (C=O) groups excluding carboxylic acids is 2. The lowest BCUT2D eigenvalue weighted by molar-refractivity contribution is -0.655. The molecule has 6 aromatic rings. The van der Waals surface area contributed by atoms with Crippen LogP contribution in [0.25, 0.3) is 32.9 Å². The van der Waals surface area contributed by atoms with Gasteiger partial charge in [0.25, 0.3) is 7.82 Å². The maximum absolute atomic E-state index is 12.7. The molecule has 0 spiro atoms. The molecule has 0 saturated heterocycles. The summed E-state index contributed by atoms with van der Waals surface area (Å²) in [5.41, 5.74) is 4.20. The number of nitrogens with zero attached hydrogens (tertiary/aromatic N) is 1. The number of phosphoric acid groups is 1. The number of ether oxygens (including phenoxy) is 2. The summed E-state index contributed by atoms with van der Waals surface area (Å²) in [6.07, 6.45) is -1.13. The molecule has 12 heteroatoms. The van der Waals surface area contributed by atoms with E-state index in [9.17, 15) is 9.59 Å². The predicted molar refractivity (Wildman–Crippen MR) is 177 cm³/mol. The average molecular weight is 652 g/mol. The van der Waals surface area contributed by atoms with Crippen LogP contribution in [-0.2, 0) is 11.1 Å². The molecule has 0 aliphatic rings. The van der Waals surface area contributed by atoms with Crippen molar-refractivity contribution in [3.05, 3.63) is 127 Å². The minimum atomic E-state index is -4.89. The molecule has 0 unspecified atom stereocenters. The Labute approximate surface area is 269 Å². The SMILES string of the molecule is CC[n+]1c(-c2ccccc2)c2cc(NC(=O)Oc3ccccc3)ccc2c2ccc(NC(=O)Oc3ccccc3)cc21.O=P([O-])(O)O. The quantitative estimate of drug-likeness (QED) is 0.0887. The van der Waals surface area contributed by atoms with Crippen molar-refractivity contribution in [1.82, 2.24) is 0 Å². The number of hydrogen-bond acceptors (Lipinski definition) is 6. The second-order valence-corrected chi connectivity index (χ2v) is 11.1. The number of para-hydroxylation sites is 2. The van der Waals surface area contributed by atoms with Gasteiger partial charge in [0, 0.05) is 22.7 Å². The molecule has 0 aliphatic carbocycles. The Morgan fingerprint density at radius 2 is 1.13 bits per heavy atom. The van der Waals surface area contributed by atoms with Crippen LogP contribution in [-0.4, -0.2) is 22.0 Å². The molecular formula is C35H30N3O8P. The van der Waals surface area contributed by atoms with E-state index in [0.717, 1.165) is 32.9 Å². The smallest absolute Gasteiger partial charge is 0.417 e. The summed E-state index contributed by atoms with van der Waals surface area (Å²) >= 11 is 0. The summed E-state index contributed by atoms with van der Waals surface area (Å²) in [6.45, 7) is 2.75. The number of amides is 2. The van der Waals surface area contributed by atoms with Gasteiger partial charge in [0.1, 0.15) is 18.0 Å². The van der Waals surface area contributed by atoms with Crippen LogP contribution in [0.4, 0.5) is 21.0 Å². The van der Waals surface area contributed by atoms with Crippen LogP contribution < -0.4 is 29.6 Å². The number of benzene rings is 5. The first-order chi connectivity index (χ1) is 22.6. The zero-order valence-corrected chi connectivity index (χ0v) is 26.0. The maximum Gasteiger partial charge on any atom is 0.417 e. The van der Waals surface area contributed by atoms with Crippen LogP contribution >= 0.6 is 7.82 Å². The van der Waals surface area contributed by atoms with Gasteiger partial charge >= 0.3 is 12.2 Å². The van der Waals surface area contributed by atoms with Gasteiger partial charge in [-0.3, -0.25) is 15.2 Å². The summed E-state index contributed by atoms with van der Waals surface area (Å²) in [5, 5.41) is 8.71. The molecule has 2 amide bonds. The van der Waals surface area contributed by atoms with Crippen LogP contribution in [0.5, 0.6) is 11.5 Å². The van der Waals surface area contributed by atoms with Gasteiger partial charge in [-0.1, -0.05) is 60.7 Å². The van der Waals surface area contributed by atoms with Crippen LogP contribution in [0.1, 0.15) is 6.92 Å². The van der Waals surface area contributed by atoms with E-state index in [4.69, 9.17) is 28.7 Å². The Bertz CT molecular complexity index is 2060. The highest BCUT2D eigenvalue weighted by molar-refractivity contribution is 7.43. The second-order valence-electron chi connectivity index (χ2n) is 10.1. The fourth-order valence-corrected chi connectivity index (χ4v) is 5.09. The highest BCUT2D eigenvalue weighted by atomic mass is 31.2. The number of rotatable bonds is 6. The normalized spacial score (nSPS) is 10.9. The Hall–Kier alpha value is -5.58. The van der Waals surface area contributed by atoms with E-state index >= 15 is 0 Å². The van der Waals surface area contributed by atoms with Crippen molar-refractivity contribution >= 4 is 53.1 Å². The molecule has 0 radical (unpaired) electrons. The third-order valence-electron chi connectivity index (χ3n) is 6.89. The minimum absolute atomic E-state index is 0.465. The monoisotopic (exact) mass is 651 g/mol. The van der Waals surface area contributed by atoms with Crippen molar-refractivity contribution in [2.45, 2.75) is 13.5 Å². The molecule has 11 nitrogen and oxygen atoms in total. The van der Waals surface area contributed by atoms with E-state index < -0.39 is 20.0 Å². The fourth-order valence-electron chi connectivity index (χ4n) is 5.09. The highest BCUT2D eigenvalue weighted by Crippen LogP contribution is 2.34. The van der Waals surface area contributed by atoms with Crippen LogP contribution in [0, 0.1) is 0 Å². The molecule has 238 valence electrons. The number of anilines is 2. The Balaban J connectivity index is 0.000000807. The summed E-state index contributed by atoms with van der Waals surface area (Å²) < 4.78 is 21.9. The van der Waals surface area contributed by atoms with Gasteiger partial charge in [-0.15, -0.1) is 0 Å². The number of aryl methyl sites for hydroxylation is 1. The minimum Gasteiger partial charge on any atom is -0.756 e. The van der Waals surface area contributed by atoms with E-state index in [2.05, 4.69) is 34.3 Å². The molecule has 5 aromatic carbocycles. The lowest BCUT2D eigenvalue weighted by atomic mass is 9.98. The summed E-state index contributed by atoms with van der Waals surface area (Å²) in [5.74, 6) is 0.932. The molecule has 47 heavy (non-hydrogen) atoms. The lowest BCUT2D eigenvalue weighted by Gasteiger charge is -2.14. The third kappa shape index (κ3) is 8.78. The van der Waals surface area contributed by atoms with Crippen LogP contribution in [0.3, 0.4) is 0 Å². The van der Waals surface area contributed by atoms with Crippen molar-refractivity contribution in [3.63, 3.8) is 0 Å². The van der Waals surface area contributed by atoms with E-state index in [-0.39, 0.29) is 0 Å². The Morgan fingerprint density at radius 1 is 0.681 bits per heavy atom. The van der Waals surface area contributed by atoms with Crippen molar-refractivity contribution in [1.29, 1.82) is 0 Å². The standard InChI is InChI=1S/C35H27N3O4.H3O4P/c1-2-38-32-23-26(37-35(40)42-28-16-10-5-11-17-28)19-21-30(32)29-20-18-25(36-34(39)41-27-14-8-4-9-15-27)22-31(29)33(38)24-12-6-3-7-13-24;1-5(2,3)4/h3-23H,2H2,1H3,(H,36,39);(H3,1,2,3,4). The number of aromatic nitrogens is 1. The van der Waals surface area contributed by atoms with E-state index in [1.807, 2.05) is 91.0 Å². The van der Waals surface area contributed by atoms with Gasteiger partial charge in [-0.2, -0.15) is 4.57 Å². The maximum atomic E-state index is 12.7. The molecule has 1 heterocycles. The van der Waals surface area contributed by atoms with E-state index in [0.29, 0.717) is 29.4 Å². The van der Waals surface area contributed by atoms with Gasteiger partial charge in [-0.05, 0) is 67.6 Å². The van der Waals surface area contributed by atoms with E-state index in [1.54, 1.807) is 24.3 Å². The molecule has 0 fully saturated rings. The Morgan fingerprint density at radius 3 is 1.62 bits per heavy atom. The number of pyridine rings is 1. The second kappa shape index (κ2) is 14.7.